The van der Waals surface area contributed by atoms with E-state index in [1.54, 1.807) is 6.20 Å². The molecule has 0 spiro atoms. The van der Waals surface area contributed by atoms with E-state index in [1.807, 2.05) is 19.1 Å². The summed E-state index contributed by atoms with van der Waals surface area (Å²) in [6.07, 6.45) is 1.69. The van der Waals surface area contributed by atoms with Crippen molar-refractivity contribution in [2.75, 3.05) is 12.3 Å². The minimum Gasteiger partial charge on any atom is -0.477 e. The highest BCUT2D eigenvalue weighted by molar-refractivity contribution is 9.10. The van der Waals surface area contributed by atoms with Gasteiger partial charge in [0.25, 0.3) is 0 Å². The molecule has 15 heavy (non-hydrogen) atoms. The van der Waals surface area contributed by atoms with Crippen LogP contribution in [0.4, 0.5) is 5.82 Å². The van der Waals surface area contributed by atoms with Crippen LogP contribution < -0.4 is 10.5 Å². The van der Waals surface area contributed by atoms with Gasteiger partial charge >= 0.3 is 0 Å². The molecule has 2 N–H and O–H groups in total. The number of nitrogens with zero attached hydrogens (tertiary/aromatic N) is 2. The number of halogens is 1. The van der Waals surface area contributed by atoms with Crippen LogP contribution in [0.3, 0.4) is 0 Å². The van der Waals surface area contributed by atoms with E-state index in [1.165, 1.54) is 0 Å². The Morgan fingerprint density at radius 1 is 1.53 bits per heavy atom. The van der Waals surface area contributed by atoms with Crippen LogP contribution in [-0.2, 0) is 0 Å². The average Bonchev–Trinajstić information content (AvgIpc) is 2.26. The Kier molecular flexibility index (Phi) is 2.73. The van der Waals surface area contributed by atoms with E-state index in [9.17, 15) is 0 Å². The second-order valence-electron chi connectivity index (χ2n) is 2.95. The zero-order chi connectivity index (χ0) is 10.8. The van der Waals surface area contributed by atoms with Crippen molar-refractivity contribution in [3.05, 3.63) is 22.8 Å². The summed E-state index contributed by atoms with van der Waals surface area (Å²) in [7, 11) is 0. The zero-order valence-corrected chi connectivity index (χ0v) is 9.78. The van der Waals surface area contributed by atoms with Gasteiger partial charge in [0, 0.05) is 11.6 Å². The number of ether oxygens (including phenoxy) is 1. The number of anilines is 1. The number of hydrogen-bond acceptors (Lipinski definition) is 4. The quantitative estimate of drug-likeness (QED) is 0.908. The van der Waals surface area contributed by atoms with Crippen LogP contribution in [0.25, 0.3) is 10.9 Å². The van der Waals surface area contributed by atoms with Gasteiger partial charge in [0.2, 0.25) is 5.88 Å². The molecule has 0 fully saturated rings. The summed E-state index contributed by atoms with van der Waals surface area (Å²) in [5, 5.41) is 0.911. The van der Waals surface area contributed by atoms with Gasteiger partial charge in [-0.3, -0.25) is 4.98 Å². The first-order valence-corrected chi connectivity index (χ1v) is 5.35. The normalized spacial score (nSPS) is 10.5. The summed E-state index contributed by atoms with van der Waals surface area (Å²) < 4.78 is 6.15. The Balaban J connectivity index is 2.72. The maximum Gasteiger partial charge on any atom is 0.230 e. The first kappa shape index (κ1) is 10.2. The molecule has 0 aliphatic rings. The molecule has 0 aliphatic carbocycles. The maximum absolute atomic E-state index is 5.78. The summed E-state index contributed by atoms with van der Waals surface area (Å²) in [6.45, 7) is 2.45. The van der Waals surface area contributed by atoms with Crippen LogP contribution in [0.1, 0.15) is 6.92 Å². The summed E-state index contributed by atoms with van der Waals surface area (Å²) >= 11 is 3.43. The predicted octanol–water partition coefficient (Wildman–Crippen LogP) is 2.37. The highest BCUT2D eigenvalue weighted by Crippen LogP contribution is 2.32. The number of nitrogens with two attached hydrogens (primary N) is 1. The van der Waals surface area contributed by atoms with Crippen molar-refractivity contribution >= 4 is 32.7 Å². The first-order chi connectivity index (χ1) is 7.24. The van der Waals surface area contributed by atoms with Crippen LogP contribution in [0, 0.1) is 0 Å². The van der Waals surface area contributed by atoms with Gasteiger partial charge in [-0.1, -0.05) is 0 Å². The number of aromatic nitrogens is 2. The number of nitrogen functional groups attached to an aromatic ring is 1. The minimum atomic E-state index is 0.386. The molecule has 0 saturated carbocycles. The molecular formula is C10H10BrN3O. The fourth-order valence-electron chi connectivity index (χ4n) is 1.35. The number of pyridine rings is 2. The second kappa shape index (κ2) is 4.02. The Hall–Kier alpha value is -1.36. The predicted molar refractivity (Wildman–Crippen MR) is 62.8 cm³/mol. The molecule has 0 bridgehead atoms. The SMILES string of the molecule is CCOc1nc(N)c2ncccc2c1Br. The molecule has 2 aromatic rings. The summed E-state index contributed by atoms with van der Waals surface area (Å²) in [5.41, 5.74) is 6.47. The average molecular weight is 268 g/mol. The van der Waals surface area contributed by atoms with E-state index in [0.717, 1.165) is 9.86 Å². The van der Waals surface area contributed by atoms with Gasteiger partial charge in [0.15, 0.2) is 5.82 Å². The van der Waals surface area contributed by atoms with Gasteiger partial charge in [-0.25, -0.2) is 0 Å². The van der Waals surface area contributed by atoms with Gasteiger partial charge < -0.3 is 10.5 Å². The number of hydrogen-bond donors (Lipinski definition) is 1. The molecule has 0 amide bonds. The molecule has 5 heteroatoms. The first-order valence-electron chi connectivity index (χ1n) is 4.56. The Labute approximate surface area is 95.6 Å². The second-order valence-corrected chi connectivity index (χ2v) is 3.74. The van der Waals surface area contributed by atoms with E-state index in [0.29, 0.717) is 23.8 Å². The van der Waals surface area contributed by atoms with Crippen LogP contribution in [0.2, 0.25) is 0 Å². The Morgan fingerprint density at radius 2 is 2.33 bits per heavy atom. The Morgan fingerprint density at radius 3 is 3.07 bits per heavy atom. The lowest BCUT2D eigenvalue weighted by atomic mass is 10.2. The third-order valence-electron chi connectivity index (χ3n) is 1.98. The van der Waals surface area contributed by atoms with Crippen molar-refractivity contribution in [3.63, 3.8) is 0 Å². The lowest BCUT2D eigenvalue weighted by Crippen LogP contribution is -2.00. The van der Waals surface area contributed by atoms with Gasteiger partial charge in [-0.05, 0) is 35.0 Å². The van der Waals surface area contributed by atoms with Crippen molar-refractivity contribution < 1.29 is 4.74 Å². The minimum absolute atomic E-state index is 0.386. The van der Waals surface area contributed by atoms with E-state index < -0.39 is 0 Å². The van der Waals surface area contributed by atoms with Crippen molar-refractivity contribution in [3.8, 4) is 5.88 Å². The van der Waals surface area contributed by atoms with Crippen LogP contribution in [-0.4, -0.2) is 16.6 Å². The standard InChI is InChI=1S/C10H10BrN3O/c1-2-15-10-7(11)6-4-3-5-13-8(6)9(12)14-10/h3-5H,2H2,1H3,(H2,12,14). The molecule has 78 valence electrons. The van der Waals surface area contributed by atoms with Crippen molar-refractivity contribution in [2.45, 2.75) is 6.92 Å². The monoisotopic (exact) mass is 267 g/mol. The molecule has 2 rings (SSSR count). The van der Waals surface area contributed by atoms with Crippen LogP contribution >= 0.6 is 15.9 Å². The van der Waals surface area contributed by atoms with E-state index >= 15 is 0 Å². The maximum atomic E-state index is 5.78. The topological polar surface area (TPSA) is 61.0 Å². The third-order valence-corrected chi connectivity index (χ3v) is 2.74. The fourth-order valence-corrected chi connectivity index (χ4v) is 1.87. The summed E-state index contributed by atoms with van der Waals surface area (Å²) in [5.74, 6) is 0.896. The lowest BCUT2D eigenvalue weighted by molar-refractivity contribution is 0.326. The third kappa shape index (κ3) is 1.74. The Bertz CT molecular complexity index is 501. The smallest absolute Gasteiger partial charge is 0.230 e. The van der Waals surface area contributed by atoms with Gasteiger partial charge in [-0.15, -0.1) is 0 Å². The lowest BCUT2D eigenvalue weighted by Gasteiger charge is -2.08. The fraction of sp³-hybridized carbons (Fsp3) is 0.200. The van der Waals surface area contributed by atoms with Crippen LogP contribution in [0.5, 0.6) is 5.88 Å². The largest absolute Gasteiger partial charge is 0.477 e. The van der Waals surface area contributed by atoms with Crippen molar-refractivity contribution in [2.24, 2.45) is 0 Å². The molecule has 0 saturated heterocycles. The van der Waals surface area contributed by atoms with E-state index in [2.05, 4.69) is 25.9 Å². The van der Waals surface area contributed by atoms with Crippen LogP contribution in [0.15, 0.2) is 22.8 Å². The molecule has 0 aliphatic heterocycles. The van der Waals surface area contributed by atoms with Crippen molar-refractivity contribution in [1.29, 1.82) is 0 Å². The molecule has 0 unspecified atom stereocenters. The van der Waals surface area contributed by atoms with Gasteiger partial charge in [0.1, 0.15) is 5.52 Å². The highest BCUT2D eigenvalue weighted by atomic mass is 79.9. The molecule has 2 heterocycles. The van der Waals surface area contributed by atoms with E-state index in [4.69, 9.17) is 10.5 Å². The van der Waals surface area contributed by atoms with Gasteiger partial charge in [-0.2, -0.15) is 4.98 Å². The molecule has 0 radical (unpaired) electrons. The molecular weight excluding hydrogens is 258 g/mol. The molecule has 0 aromatic carbocycles. The summed E-state index contributed by atoms with van der Waals surface area (Å²) in [6, 6.07) is 3.77. The van der Waals surface area contributed by atoms with Gasteiger partial charge in [0.05, 0.1) is 11.1 Å². The van der Waals surface area contributed by atoms with Crippen molar-refractivity contribution in [1.82, 2.24) is 9.97 Å². The zero-order valence-electron chi connectivity index (χ0n) is 8.20. The highest BCUT2D eigenvalue weighted by Gasteiger charge is 2.11. The molecule has 0 atom stereocenters. The summed E-state index contributed by atoms with van der Waals surface area (Å²) in [4.78, 5) is 8.31. The van der Waals surface area contributed by atoms with E-state index in [-0.39, 0.29) is 0 Å². The molecule has 2 aromatic heterocycles. The number of rotatable bonds is 2. The number of fused-ring (bicyclic) bond motifs is 1. The molecule has 4 nitrogen and oxygen atoms in total.